The lowest BCUT2D eigenvalue weighted by Crippen LogP contribution is -2.20. The van der Waals surface area contributed by atoms with Crippen LogP contribution in [0.4, 0.5) is 16.2 Å². The minimum Gasteiger partial charge on any atom is -0.492 e. The molecule has 0 spiro atoms. The van der Waals surface area contributed by atoms with Gasteiger partial charge in [0, 0.05) is 12.7 Å². The first-order chi connectivity index (χ1) is 12.5. The minimum absolute atomic E-state index is 0.0625. The number of aromatic nitrogens is 2. The van der Waals surface area contributed by atoms with Crippen LogP contribution in [0, 0.1) is 0 Å². The van der Waals surface area contributed by atoms with Crippen molar-refractivity contribution in [3.05, 3.63) is 48.3 Å². The van der Waals surface area contributed by atoms with Gasteiger partial charge in [-0.2, -0.15) is 0 Å². The molecule has 1 aromatic heterocycles. The Morgan fingerprint density at radius 3 is 2.73 bits per heavy atom. The smallest absolute Gasteiger partial charge is 0.337 e. The number of imidazole rings is 1. The second-order valence-corrected chi connectivity index (χ2v) is 5.56. The minimum atomic E-state index is -1.09. The second-order valence-electron chi connectivity index (χ2n) is 5.56. The van der Waals surface area contributed by atoms with Gasteiger partial charge in [0.1, 0.15) is 5.75 Å². The Morgan fingerprint density at radius 1 is 1.23 bits per heavy atom. The Morgan fingerprint density at radius 2 is 2.00 bits per heavy atom. The summed E-state index contributed by atoms with van der Waals surface area (Å²) in [6, 6.07) is 9.57. The molecule has 8 nitrogen and oxygen atoms in total. The Hall–Kier alpha value is -3.55. The molecule has 0 saturated heterocycles. The van der Waals surface area contributed by atoms with Crippen LogP contribution >= 0.6 is 0 Å². The van der Waals surface area contributed by atoms with Crippen LogP contribution in [0.5, 0.6) is 5.75 Å². The first-order valence-corrected chi connectivity index (χ1v) is 7.97. The molecule has 0 bridgehead atoms. The zero-order valence-corrected chi connectivity index (χ0v) is 14.3. The second kappa shape index (κ2) is 7.14. The highest BCUT2D eigenvalue weighted by Crippen LogP contribution is 2.25. The van der Waals surface area contributed by atoms with Gasteiger partial charge in [-0.05, 0) is 31.2 Å². The van der Waals surface area contributed by atoms with Crippen molar-refractivity contribution in [1.29, 1.82) is 0 Å². The van der Waals surface area contributed by atoms with Crippen molar-refractivity contribution in [3.63, 3.8) is 0 Å². The number of urea groups is 1. The van der Waals surface area contributed by atoms with Gasteiger partial charge in [-0.3, -0.25) is 0 Å². The van der Waals surface area contributed by atoms with Gasteiger partial charge in [-0.25, -0.2) is 14.6 Å². The van der Waals surface area contributed by atoms with Crippen molar-refractivity contribution in [2.24, 2.45) is 7.05 Å². The molecule has 0 fully saturated rings. The molecule has 0 unspecified atom stereocenters. The molecule has 8 heteroatoms. The summed E-state index contributed by atoms with van der Waals surface area (Å²) in [7, 11) is 1.71. The maximum Gasteiger partial charge on any atom is 0.337 e. The quantitative estimate of drug-likeness (QED) is 0.652. The van der Waals surface area contributed by atoms with Gasteiger partial charge in [0.25, 0.3) is 0 Å². The fraction of sp³-hybridized carbons (Fsp3) is 0.167. The number of nitrogens with zero attached hydrogens (tertiary/aromatic N) is 2. The highest BCUT2D eigenvalue weighted by atomic mass is 16.5. The lowest BCUT2D eigenvalue weighted by atomic mass is 10.1. The van der Waals surface area contributed by atoms with Crippen LogP contribution in [0.25, 0.3) is 11.0 Å². The number of carboxylic acids is 1. The summed E-state index contributed by atoms with van der Waals surface area (Å²) >= 11 is 0. The number of fused-ring (bicyclic) bond motifs is 1. The Bertz CT molecular complexity index is 980. The number of amides is 2. The zero-order valence-electron chi connectivity index (χ0n) is 14.3. The average Bonchev–Trinajstić information content (AvgIpc) is 2.97. The maximum atomic E-state index is 12.3. The van der Waals surface area contributed by atoms with E-state index in [1.165, 1.54) is 12.4 Å². The van der Waals surface area contributed by atoms with Crippen LogP contribution in [0.1, 0.15) is 17.3 Å². The van der Waals surface area contributed by atoms with Crippen molar-refractivity contribution in [2.45, 2.75) is 6.92 Å². The van der Waals surface area contributed by atoms with Gasteiger partial charge in [-0.1, -0.05) is 12.1 Å². The van der Waals surface area contributed by atoms with Gasteiger partial charge in [-0.15, -0.1) is 0 Å². The highest BCUT2D eigenvalue weighted by Gasteiger charge is 2.16. The monoisotopic (exact) mass is 354 g/mol. The van der Waals surface area contributed by atoms with E-state index in [0.29, 0.717) is 34.8 Å². The number of carbonyl (C=O) groups is 2. The highest BCUT2D eigenvalue weighted by molar-refractivity contribution is 6.06. The molecule has 134 valence electrons. The van der Waals surface area contributed by atoms with E-state index in [1.807, 2.05) is 13.0 Å². The van der Waals surface area contributed by atoms with E-state index in [4.69, 9.17) is 4.74 Å². The van der Waals surface area contributed by atoms with E-state index in [9.17, 15) is 14.7 Å². The largest absolute Gasteiger partial charge is 0.492 e. The molecule has 0 aliphatic carbocycles. The van der Waals surface area contributed by atoms with Crippen molar-refractivity contribution in [3.8, 4) is 5.75 Å². The summed E-state index contributed by atoms with van der Waals surface area (Å²) in [5, 5.41) is 14.8. The van der Waals surface area contributed by atoms with E-state index in [-0.39, 0.29) is 5.56 Å². The van der Waals surface area contributed by atoms with E-state index in [0.717, 1.165) is 0 Å². The van der Waals surface area contributed by atoms with E-state index < -0.39 is 12.0 Å². The van der Waals surface area contributed by atoms with Crippen LogP contribution in [-0.4, -0.2) is 33.3 Å². The zero-order chi connectivity index (χ0) is 18.7. The topological polar surface area (TPSA) is 105 Å². The third-order valence-electron chi connectivity index (χ3n) is 3.74. The van der Waals surface area contributed by atoms with Crippen molar-refractivity contribution < 1.29 is 19.4 Å². The number of hydrogen-bond donors (Lipinski definition) is 3. The number of nitrogens with one attached hydrogen (secondary N) is 2. The normalized spacial score (nSPS) is 10.5. The molecular formula is C18H18N4O4. The maximum absolute atomic E-state index is 12.3. The molecule has 2 amide bonds. The van der Waals surface area contributed by atoms with Crippen LogP contribution in [-0.2, 0) is 7.05 Å². The third kappa shape index (κ3) is 3.44. The van der Waals surface area contributed by atoms with Gasteiger partial charge in [0.15, 0.2) is 0 Å². The summed E-state index contributed by atoms with van der Waals surface area (Å²) in [5.41, 5.74) is 1.89. The third-order valence-corrected chi connectivity index (χ3v) is 3.74. The Balaban J connectivity index is 1.85. The number of aryl methyl sites for hydroxylation is 1. The number of para-hydroxylation sites is 2. The van der Waals surface area contributed by atoms with E-state index in [1.54, 1.807) is 35.9 Å². The number of hydrogen-bond acceptors (Lipinski definition) is 4. The molecule has 0 aliphatic rings. The fourth-order valence-electron chi connectivity index (χ4n) is 2.67. The number of anilines is 2. The summed E-state index contributed by atoms with van der Waals surface area (Å²) in [6.45, 7) is 2.32. The summed E-state index contributed by atoms with van der Waals surface area (Å²) in [6.07, 6.45) is 1.53. The molecule has 0 atom stereocenters. The van der Waals surface area contributed by atoms with Gasteiger partial charge in [0.2, 0.25) is 0 Å². The lowest BCUT2D eigenvalue weighted by Gasteiger charge is -2.12. The average molecular weight is 354 g/mol. The van der Waals surface area contributed by atoms with Crippen LogP contribution in [0.2, 0.25) is 0 Å². The van der Waals surface area contributed by atoms with Crippen LogP contribution < -0.4 is 15.4 Å². The lowest BCUT2D eigenvalue weighted by molar-refractivity contribution is 0.0698. The number of ether oxygens (including phenoxy) is 1. The molecule has 0 radical (unpaired) electrons. The number of aromatic carboxylic acids is 1. The molecule has 2 aromatic carbocycles. The molecule has 0 aliphatic heterocycles. The molecule has 3 N–H and O–H groups in total. The number of carbonyl (C=O) groups excluding carboxylic acids is 1. The Labute approximate surface area is 149 Å². The summed E-state index contributed by atoms with van der Waals surface area (Å²) < 4.78 is 7.09. The van der Waals surface area contributed by atoms with Crippen molar-refractivity contribution in [2.75, 3.05) is 17.2 Å². The van der Waals surface area contributed by atoms with E-state index in [2.05, 4.69) is 15.6 Å². The fourth-order valence-corrected chi connectivity index (χ4v) is 2.67. The van der Waals surface area contributed by atoms with Crippen LogP contribution in [0.15, 0.2) is 42.7 Å². The predicted octanol–water partition coefficient (Wildman–Crippen LogP) is 3.31. The molecule has 26 heavy (non-hydrogen) atoms. The SMILES string of the molecule is CCOc1ccccc1NC(=O)Nc1cc(C(=O)O)c2c(c1)ncn2C. The van der Waals surface area contributed by atoms with Gasteiger partial charge in [0.05, 0.1) is 35.2 Å². The first-order valence-electron chi connectivity index (χ1n) is 7.97. The number of rotatable bonds is 5. The van der Waals surface area contributed by atoms with E-state index >= 15 is 0 Å². The Kier molecular flexibility index (Phi) is 4.74. The number of carboxylic acid groups (broad SMARTS) is 1. The summed E-state index contributed by atoms with van der Waals surface area (Å²) in [4.78, 5) is 28.0. The molecule has 0 saturated carbocycles. The first kappa shape index (κ1) is 17.3. The molecular weight excluding hydrogens is 336 g/mol. The molecule has 3 rings (SSSR count). The van der Waals surface area contributed by atoms with Crippen LogP contribution in [0.3, 0.4) is 0 Å². The van der Waals surface area contributed by atoms with Gasteiger partial charge >= 0.3 is 12.0 Å². The summed E-state index contributed by atoms with van der Waals surface area (Å²) in [5.74, 6) is -0.541. The predicted molar refractivity (Wildman–Crippen MR) is 97.9 cm³/mol. The molecule has 3 aromatic rings. The number of benzene rings is 2. The molecule has 1 heterocycles. The van der Waals surface area contributed by atoms with Crippen molar-refractivity contribution >= 4 is 34.4 Å². The van der Waals surface area contributed by atoms with Gasteiger partial charge < -0.3 is 25.0 Å². The standard InChI is InChI=1S/C18H18N4O4/c1-3-26-15-7-5-4-6-13(15)21-18(25)20-11-8-12(17(23)24)16-14(9-11)19-10-22(16)2/h4-10H,3H2,1-2H3,(H,23,24)(H2,20,21,25). The van der Waals surface area contributed by atoms with Crippen molar-refractivity contribution in [1.82, 2.24) is 9.55 Å².